The molecule has 0 amide bonds. The van der Waals surface area contributed by atoms with Crippen molar-refractivity contribution < 1.29 is 4.74 Å². The van der Waals surface area contributed by atoms with Crippen LogP contribution in [0.15, 0.2) is 11.4 Å². The number of nitrogens with one attached hydrogen (secondary N) is 1. The fraction of sp³-hybridized carbons (Fsp3) is 0.765. The summed E-state index contributed by atoms with van der Waals surface area (Å²) in [6.07, 6.45) is 3.62. The van der Waals surface area contributed by atoms with Gasteiger partial charge in [0, 0.05) is 43.8 Å². The molecular weight excluding hydrogens is 280 g/mol. The van der Waals surface area contributed by atoms with Crippen LogP contribution in [0.3, 0.4) is 0 Å². The van der Waals surface area contributed by atoms with E-state index < -0.39 is 0 Å². The van der Waals surface area contributed by atoms with Crippen molar-refractivity contribution in [1.82, 2.24) is 10.2 Å². The van der Waals surface area contributed by atoms with E-state index in [2.05, 4.69) is 35.5 Å². The maximum atomic E-state index is 5.62. The van der Waals surface area contributed by atoms with Crippen LogP contribution in [0.4, 0.5) is 0 Å². The van der Waals surface area contributed by atoms with Crippen molar-refractivity contribution >= 4 is 11.3 Å². The molecule has 1 atom stereocenters. The van der Waals surface area contributed by atoms with Gasteiger partial charge in [-0.1, -0.05) is 6.92 Å². The summed E-state index contributed by atoms with van der Waals surface area (Å²) in [7, 11) is 0. The fourth-order valence-corrected chi connectivity index (χ4v) is 4.76. The molecule has 3 heterocycles. The minimum Gasteiger partial charge on any atom is -0.381 e. The Balaban J connectivity index is 1.71. The molecule has 1 unspecified atom stereocenters. The van der Waals surface area contributed by atoms with Crippen molar-refractivity contribution in [1.29, 1.82) is 0 Å². The third kappa shape index (κ3) is 3.34. The largest absolute Gasteiger partial charge is 0.381 e. The van der Waals surface area contributed by atoms with Gasteiger partial charge in [-0.25, -0.2) is 0 Å². The van der Waals surface area contributed by atoms with Gasteiger partial charge in [0.25, 0.3) is 0 Å². The minimum absolute atomic E-state index is 0.399. The van der Waals surface area contributed by atoms with Crippen molar-refractivity contribution in [3.8, 4) is 0 Å². The maximum absolute atomic E-state index is 5.62. The molecular formula is C17H28N2OS. The van der Waals surface area contributed by atoms with Gasteiger partial charge in [0.05, 0.1) is 0 Å². The van der Waals surface area contributed by atoms with E-state index in [1.165, 1.54) is 32.4 Å². The van der Waals surface area contributed by atoms with E-state index >= 15 is 0 Å². The lowest BCUT2D eigenvalue weighted by Gasteiger charge is -2.44. The van der Waals surface area contributed by atoms with Gasteiger partial charge in [-0.2, -0.15) is 0 Å². The lowest BCUT2D eigenvalue weighted by molar-refractivity contribution is -0.0118. The summed E-state index contributed by atoms with van der Waals surface area (Å²) in [5.74, 6) is 0. The van der Waals surface area contributed by atoms with Crippen LogP contribution < -0.4 is 5.32 Å². The summed E-state index contributed by atoms with van der Waals surface area (Å²) >= 11 is 1.93. The van der Waals surface area contributed by atoms with Crippen molar-refractivity contribution in [2.45, 2.75) is 39.2 Å². The Bertz CT molecular complexity index is 453. The van der Waals surface area contributed by atoms with Gasteiger partial charge in [-0.15, -0.1) is 11.3 Å². The first-order valence-corrected chi connectivity index (χ1v) is 9.21. The first kappa shape index (κ1) is 15.5. The van der Waals surface area contributed by atoms with E-state index in [-0.39, 0.29) is 0 Å². The molecule has 4 heteroatoms. The highest BCUT2D eigenvalue weighted by molar-refractivity contribution is 7.10. The number of rotatable bonds is 5. The van der Waals surface area contributed by atoms with Crippen LogP contribution in [0.1, 0.15) is 43.2 Å². The normalized spacial score (nSPS) is 25.7. The highest BCUT2D eigenvalue weighted by Crippen LogP contribution is 2.38. The SMILES string of the molecule is CCNCC1(CN2CCc3sccc3C2C)CCOCC1. The van der Waals surface area contributed by atoms with Gasteiger partial charge in [0.1, 0.15) is 0 Å². The second kappa shape index (κ2) is 6.78. The first-order valence-electron chi connectivity index (χ1n) is 8.33. The van der Waals surface area contributed by atoms with Crippen molar-refractivity contribution in [2.75, 3.05) is 39.4 Å². The standard InChI is InChI=1S/C17H28N2OS/c1-3-18-12-17(6-9-20-10-7-17)13-19-8-4-16-15(14(19)2)5-11-21-16/h5,11,14,18H,3-4,6-10,12-13H2,1-2H3. The topological polar surface area (TPSA) is 24.5 Å². The summed E-state index contributed by atoms with van der Waals surface area (Å²) in [6.45, 7) is 11.1. The molecule has 0 bridgehead atoms. The zero-order chi connectivity index (χ0) is 14.7. The van der Waals surface area contributed by atoms with Gasteiger partial charge < -0.3 is 10.1 Å². The molecule has 0 spiro atoms. The van der Waals surface area contributed by atoms with Crippen LogP contribution in [0.5, 0.6) is 0 Å². The molecule has 2 aliphatic heterocycles. The first-order chi connectivity index (χ1) is 10.2. The highest BCUT2D eigenvalue weighted by atomic mass is 32.1. The summed E-state index contributed by atoms with van der Waals surface area (Å²) in [4.78, 5) is 4.31. The van der Waals surface area contributed by atoms with E-state index in [1.807, 2.05) is 11.3 Å². The Labute approximate surface area is 132 Å². The summed E-state index contributed by atoms with van der Waals surface area (Å²) in [5, 5.41) is 5.85. The molecule has 118 valence electrons. The molecule has 21 heavy (non-hydrogen) atoms. The number of hydrogen-bond acceptors (Lipinski definition) is 4. The average molecular weight is 308 g/mol. The molecule has 3 nitrogen and oxygen atoms in total. The summed E-state index contributed by atoms with van der Waals surface area (Å²) in [6, 6.07) is 2.90. The van der Waals surface area contributed by atoms with Crippen molar-refractivity contribution in [2.24, 2.45) is 5.41 Å². The number of ether oxygens (including phenoxy) is 1. The molecule has 0 saturated carbocycles. The van der Waals surface area contributed by atoms with Crippen LogP contribution in [0.25, 0.3) is 0 Å². The number of fused-ring (bicyclic) bond motifs is 1. The van der Waals surface area contributed by atoms with Crippen LogP contribution in [0.2, 0.25) is 0 Å². The number of hydrogen-bond donors (Lipinski definition) is 1. The van der Waals surface area contributed by atoms with Crippen LogP contribution in [0, 0.1) is 5.41 Å². The summed E-state index contributed by atoms with van der Waals surface area (Å²) < 4.78 is 5.62. The molecule has 2 aliphatic rings. The predicted molar refractivity (Wildman–Crippen MR) is 89.0 cm³/mol. The quantitative estimate of drug-likeness (QED) is 0.905. The molecule has 0 radical (unpaired) electrons. The maximum Gasteiger partial charge on any atom is 0.0472 e. The molecule has 1 fully saturated rings. The highest BCUT2D eigenvalue weighted by Gasteiger charge is 2.36. The van der Waals surface area contributed by atoms with Crippen molar-refractivity contribution in [3.63, 3.8) is 0 Å². The van der Waals surface area contributed by atoms with Crippen LogP contribution in [-0.2, 0) is 11.2 Å². The fourth-order valence-electron chi connectivity index (χ4n) is 3.79. The van der Waals surface area contributed by atoms with Crippen LogP contribution in [-0.4, -0.2) is 44.3 Å². The Morgan fingerprint density at radius 2 is 2.24 bits per heavy atom. The second-order valence-corrected chi connectivity index (χ2v) is 7.59. The Hall–Kier alpha value is -0.420. The Morgan fingerprint density at radius 3 is 3.00 bits per heavy atom. The molecule has 1 N–H and O–H groups in total. The van der Waals surface area contributed by atoms with E-state index in [0.717, 1.165) is 26.3 Å². The number of thiophene rings is 1. The van der Waals surface area contributed by atoms with Gasteiger partial charge in [0.15, 0.2) is 0 Å². The van der Waals surface area contributed by atoms with E-state index in [4.69, 9.17) is 4.74 Å². The zero-order valence-electron chi connectivity index (χ0n) is 13.4. The lowest BCUT2D eigenvalue weighted by atomic mass is 9.78. The molecule has 1 aromatic rings. The Kier molecular flexibility index (Phi) is 4.99. The molecule has 3 rings (SSSR count). The monoisotopic (exact) mass is 308 g/mol. The Morgan fingerprint density at radius 1 is 1.43 bits per heavy atom. The van der Waals surface area contributed by atoms with Gasteiger partial charge in [0.2, 0.25) is 0 Å². The molecule has 1 aromatic heterocycles. The van der Waals surface area contributed by atoms with Gasteiger partial charge in [-0.05, 0) is 55.2 Å². The van der Waals surface area contributed by atoms with Gasteiger partial charge >= 0.3 is 0 Å². The lowest BCUT2D eigenvalue weighted by Crippen LogP contribution is -2.49. The minimum atomic E-state index is 0.399. The zero-order valence-corrected chi connectivity index (χ0v) is 14.2. The summed E-state index contributed by atoms with van der Waals surface area (Å²) in [5.41, 5.74) is 1.97. The van der Waals surface area contributed by atoms with E-state index in [0.29, 0.717) is 11.5 Å². The molecule has 0 aliphatic carbocycles. The van der Waals surface area contributed by atoms with Crippen molar-refractivity contribution in [3.05, 3.63) is 21.9 Å². The van der Waals surface area contributed by atoms with E-state index in [1.54, 1.807) is 10.4 Å². The molecule has 1 saturated heterocycles. The van der Waals surface area contributed by atoms with E-state index in [9.17, 15) is 0 Å². The van der Waals surface area contributed by atoms with Crippen LogP contribution >= 0.6 is 11.3 Å². The number of nitrogens with zero attached hydrogens (tertiary/aromatic N) is 1. The third-order valence-corrected chi connectivity index (χ3v) is 6.24. The second-order valence-electron chi connectivity index (χ2n) is 6.59. The predicted octanol–water partition coefficient (Wildman–Crippen LogP) is 3.07. The third-order valence-electron chi connectivity index (χ3n) is 5.25. The van der Waals surface area contributed by atoms with Gasteiger partial charge in [-0.3, -0.25) is 4.90 Å². The average Bonchev–Trinajstić information content (AvgIpc) is 2.99. The smallest absolute Gasteiger partial charge is 0.0472 e. The molecule has 0 aromatic carbocycles.